The van der Waals surface area contributed by atoms with E-state index in [1.54, 1.807) is 30.0 Å². The number of likely N-dealkylation sites (tertiary alicyclic amines) is 1. The summed E-state index contributed by atoms with van der Waals surface area (Å²) in [7, 11) is -1.52. The maximum atomic E-state index is 13.4. The van der Waals surface area contributed by atoms with Crippen molar-refractivity contribution in [1.82, 2.24) is 4.90 Å². The maximum Gasteiger partial charge on any atom is 0.488 e. The van der Waals surface area contributed by atoms with Gasteiger partial charge in [-0.3, -0.25) is 4.79 Å². The minimum atomic E-state index is -1.52. The Morgan fingerprint density at radius 1 is 1.21 bits per heavy atom. The van der Waals surface area contributed by atoms with Gasteiger partial charge in [-0.1, -0.05) is 36.4 Å². The summed E-state index contributed by atoms with van der Waals surface area (Å²) >= 11 is 3.09. The number of hydrogen-bond acceptors (Lipinski definition) is 7. The average Bonchev–Trinajstić information content (AvgIpc) is 3.46. The Morgan fingerprint density at radius 2 is 2.00 bits per heavy atom. The van der Waals surface area contributed by atoms with Gasteiger partial charge in [0, 0.05) is 36.2 Å². The third kappa shape index (κ3) is 4.16. The summed E-state index contributed by atoms with van der Waals surface area (Å²) in [5.41, 5.74) is 10.4. The van der Waals surface area contributed by atoms with Gasteiger partial charge < -0.3 is 25.4 Å². The van der Waals surface area contributed by atoms with E-state index < -0.39 is 7.12 Å². The zero-order valence-corrected chi connectivity index (χ0v) is 20.6. The maximum absolute atomic E-state index is 13.4. The van der Waals surface area contributed by atoms with Crippen LogP contribution in [-0.4, -0.2) is 53.9 Å². The Morgan fingerprint density at radius 3 is 2.71 bits per heavy atom. The number of rotatable bonds is 5. The highest BCUT2D eigenvalue weighted by Crippen LogP contribution is 2.46. The highest BCUT2D eigenvalue weighted by molar-refractivity contribution is 8.00. The number of carbonyl (C=O) groups excluding carboxylic acids is 1. The summed E-state index contributed by atoms with van der Waals surface area (Å²) in [5.74, 6) is 0.995. The minimum absolute atomic E-state index is 0.0477. The van der Waals surface area contributed by atoms with Crippen molar-refractivity contribution in [1.29, 1.82) is 0 Å². The third-order valence-electron chi connectivity index (χ3n) is 6.95. The molecule has 0 aliphatic carbocycles. The predicted octanol–water partition coefficient (Wildman–Crippen LogP) is 2.84. The highest BCUT2D eigenvalue weighted by atomic mass is 32.2. The van der Waals surface area contributed by atoms with Gasteiger partial charge in [0.25, 0.3) is 5.91 Å². The Labute approximate surface area is 207 Å². The standard InChI is InChI=1S/C25H27BN2O4S2/c1-33-24-19(17-3-2-4-18(12-17)26(30)31)13-22(34-24)23(29)28-9-7-25(8-10-28)15-32-21-6-5-16(14-27)11-20(21)25/h2-6,11-13,30-31H,7-10,14-15,27H2,1H3. The number of thiophene rings is 1. The molecular weight excluding hydrogens is 467 g/mol. The first-order valence-electron chi connectivity index (χ1n) is 11.3. The van der Waals surface area contributed by atoms with Crippen molar-refractivity contribution >= 4 is 41.6 Å². The van der Waals surface area contributed by atoms with Crippen LogP contribution in [0.3, 0.4) is 0 Å². The van der Waals surface area contributed by atoms with Crippen LogP contribution in [0.4, 0.5) is 0 Å². The Kier molecular flexibility index (Phi) is 6.48. The number of nitrogens with two attached hydrogens (primary N) is 1. The normalized spacial score (nSPS) is 16.4. The molecule has 34 heavy (non-hydrogen) atoms. The molecule has 2 aromatic carbocycles. The number of nitrogens with zero attached hydrogens (tertiary/aromatic N) is 1. The Bertz CT molecular complexity index is 1220. The van der Waals surface area contributed by atoms with E-state index in [-0.39, 0.29) is 11.3 Å². The molecule has 5 rings (SSSR count). The van der Waals surface area contributed by atoms with E-state index in [0.29, 0.717) is 36.6 Å². The molecule has 1 saturated heterocycles. The topological polar surface area (TPSA) is 96.0 Å². The van der Waals surface area contributed by atoms with E-state index in [9.17, 15) is 14.8 Å². The van der Waals surface area contributed by atoms with Crippen LogP contribution in [0, 0.1) is 0 Å². The first kappa shape index (κ1) is 23.4. The first-order chi connectivity index (χ1) is 16.4. The Balaban J connectivity index is 1.35. The lowest BCUT2D eigenvalue weighted by Gasteiger charge is -2.38. The van der Waals surface area contributed by atoms with Crippen LogP contribution in [0.25, 0.3) is 11.1 Å². The number of piperidine rings is 1. The third-order valence-corrected chi connectivity index (χ3v) is 9.21. The lowest BCUT2D eigenvalue weighted by molar-refractivity contribution is 0.0651. The van der Waals surface area contributed by atoms with Crippen LogP contribution in [0.5, 0.6) is 5.75 Å². The highest BCUT2D eigenvalue weighted by Gasteiger charge is 2.44. The van der Waals surface area contributed by atoms with E-state index in [1.807, 2.05) is 35.4 Å². The molecule has 6 nitrogen and oxygen atoms in total. The molecule has 0 bridgehead atoms. The zero-order valence-electron chi connectivity index (χ0n) is 19.0. The van der Waals surface area contributed by atoms with Crippen LogP contribution < -0.4 is 15.9 Å². The molecule has 2 aliphatic heterocycles. The van der Waals surface area contributed by atoms with Gasteiger partial charge >= 0.3 is 7.12 Å². The summed E-state index contributed by atoms with van der Waals surface area (Å²) in [6.07, 6.45) is 3.72. The monoisotopic (exact) mass is 494 g/mol. The number of thioether (sulfide) groups is 1. The summed E-state index contributed by atoms with van der Waals surface area (Å²) in [6, 6.07) is 15.3. The molecule has 9 heteroatoms. The van der Waals surface area contributed by atoms with Gasteiger partial charge in [0.1, 0.15) is 5.75 Å². The molecule has 3 aromatic rings. The number of ether oxygens (including phenoxy) is 1. The Hall–Kier alpha value is -2.30. The largest absolute Gasteiger partial charge is 0.492 e. The van der Waals surface area contributed by atoms with E-state index >= 15 is 0 Å². The first-order valence-corrected chi connectivity index (χ1v) is 13.4. The zero-order chi connectivity index (χ0) is 23.9. The molecule has 2 aliphatic rings. The summed E-state index contributed by atoms with van der Waals surface area (Å²) in [4.78, 5) is 16.1. The molecule has 0 radical (unpaired) electrons. The molecule has 4 N–H and O–H groups in total. The van der Waals surface area contributed by atoms with Crippen LogP contribution >= 0.6 is 23.1 Å². The molecule has 1 fully saturated rings. The number of amides is 1. The van der Waals surface area contributed by atoms with Gasteiger partial charge in [-0.2, -0.15) is 0 Å². The molecule has 1 amide bonds. The van der Waals surface area contributed by atoms with Crippen molar-refractivity contribution in [2.75, 3.05) is 26.0 Å². The van der Waals surface area contributed by atoms with Crippen LogP contribution in [0.2, 0.25) is 0 Å². The second kappa shape index (κ2) is 9.39. The van der Waals surface area contributed by atoms with Crippen molar-refractivity contribution < 1.29 is 19.6 Å². The van der Waals surface area contributed by atoms with Crippen LogP contribution in [0.1, 0.15) is 33.6 Å². The van der Waals surface area contributed by atoms with E-state index in [1.165, 1.54) is 16.9 Å². The smallest absolute Gasteiger partial charge is 0.488 e. The van der Waals surface area contributed by atoms with Gasteiger partial charge in [-0.05, 0) is 47.8 Å². The SMILES string of the molecule is CSc1sc(C(=O)N2CCC3(CC2)COc2ccc(CN)cc23)cc1-c1cccc(B(O)O)c1. The number of carbonyl (C=O) groups is 1. The van der Waals surface area contributed by atoms with Crippen molar-refractivity contribution in [2.24, 2.45) is 5.73 Å². The molecular formula is C25H27BN2O4S2. The minimum Gasteiger partial charge on any atom is -0.492 e. The summed E-state index contributed by atoms with van der Waals surface area (Å²) in [5, 5.41) is 19.1. The van der Waals surface area contributed by atoms with E-state index in [0.717, 1.165) is 39.5 Å². The second-order valence-corrected chi connectivity index (χ2v) is 11.0. The lowest BCUT2D eigenvalue weighted by Crippen LogP contribution is -2.45. The lowest BCUT2D eigenvalue weighted by atomic mass is 9.74. The second-order valence-electron chi connectivity index (χ2n) is 8.91. The molecule has 1 spiro atoms. The molecule has 176 valence electrons. The molecule has 3 heterocycles. The number of hydrogen-bond donors (Lipinski definition) is 3. The predicted molar refractivity (Wildman–Crippen MR) is 138 cm³/mol. The van der Waals surface area contributed by atoms with E-state index in [2.05, 4.69) is 6.07 Å². The fourth-order valence-electron chi connectivity index (χ4n) is 4.94. The number of fused-ring (bicyclic) bond motifs is 2. The molecule has 1 aromatic heterocycles. The van der Waals surface area contributed by atoms with Crippen LogP contribution in [0.15, 0.2) is 52.7 Å². The molecule has 0 saturated carbocycles. The van der Waals surface area contributed by atoms with Crippen molar-refractivity contribution in [3.8, 4) is 16.9 Å². The van der Waals surface area contributed by atoms with Crippen LogP contribution in [-0.2, 0) is 12.0 Å². The summed E-state index contributed by atoms with van der Waals surface area (Å²) < 4.78 is 7.04. The van der Waals surface area contributed by atoms with Gasteiger partial charge in [0.05, 0.1) is 15.7 Å². The van der Waals surface area contributed by atoms with Crippen molar-refractivity contribution in [3.63, 3.8) is 0 Å². The fourth-order valence-corrected chi connectivity index (χ4v) is 6.82. The fraction of sp³-hybridized carbons (Fsp3) is 0.320. The van der Waals surface area contributed by atoms with Gasteiger partial charge in [0.15, 0.2) is 0 Å². The average molecular weight is 494 g/mol. The number of benzene rings is 2. The summed E-state index contributed by atoms with van der Waals surface area (Å²) in [6.45, 7) is 2.53. The van der Waals surface area contributed by atoms with Crippen molar-refractivity contribution in [3.05, 3.63) is 64.5 Å². The molecule has 0 unspecified atom stereocenters. The molecule has 0 atom stereocenters. The van der Waals surface area contributed by atoms with E-state index in [4.69, 9.17) is 10.5 Å². The van der Waals surface area contributed by atoms with Gasteiger partial charge in [0.2, 0.25) is 0 Å². The van der Waals surface area contributed by atoms with Gasteiger partial charge in [-0.15, -0.1) is 23.1 Å². The quantitative estimate of drug-likeness (QED) is 0.373. The van der Waals surface area contributed by atoms with Crippen molar-refractivity contribution in [2.45, 2.75) is 29.0 Å². The van der Waals surface area contributed by atoms with Gasteiger partial charge in [-0.25, -0.2) is 0 Å².